The zero-order valence-corrected chi connectivity index (χ0v) is 14.4. The van der Waals surface area contributed by atoms with Crippen LogP contribution in [0.1, 0.15) is 23.9 Å². The zero-order valence-electron chi connectivity index (χ0n) is 13.5. The van der Waals surface area contributed by atoms with Gasteiger partial charge in [-0.1, -0.05) is 18.2 Å². The predicted molar refractivity (Wildman–Crippen MR) is 87.1 cm³/mol. The molecule has 6 nitrogen and oxygen atoms in total. The van der Waals surface area contributed by atoms with Gasteiger partial charge in [0.2, 0.25) is 10.0 Å². The lowest BCUT2D eigenvalue weighted by molar-refractivity contribution is 0.254. The molecule has 1 aromatic heterocycles. The first-order valence-electron chi connectivity index (χ1n) is 7.69. The lowest BCUT2D eigenvalue weighted by Gasteiger charge is -2.25. The summed E-state index contributed by atoms with van der Waals surface area (Å²) in [6.07, 6.45) is 0.620. The molecule has 0 aliphatic carbocycles. The molecule has 0 fully saturated rings. The number of fused-ring (bicyclic) bond motifs is 1. The Morgan fingerprint density at radius 2 is 2.09 bits per heavy atom. The first kappa shape index (κ1) is 16.0. The number of hydrogen-bond acceptors (Lipinski definition) is 4. The molecule has 1 aliphatic rings. The first-order valence-corrected chi connectivity index (χ1v) is 9.17. The molecule has 23 heavy (non-hydrogen) atoms. The SMILES string of the molecule is CCn1nc(C)c(S(=O)(=O)N[C@H]2COc3ccccc3C2)c1C. The van der Waals surface area contributed by atoms with Crippen LogP contribution in [0.15, 0.2) is 29.2 Å². The lowest BCUT2D eigenvalue weighted by Crippen LogP contribution is -2.42. The van der Waals surface area contributed by atoms with Crippen molar-refractivity contribution >= 4 is 10.0 Å². The van der Waals surface area contributed by atoms with E-state index in [0.29, 0.717) is 31.0 Å². The molecule has 0 unspecified atom stereocenters. The summed E-state index contributed by atoms with van der Waals surface area (Å²) in [5.41, 5.74) is 2.20. The van der Waals surface area contributed by atoms with Gasteiger partial charge in [0, 0.05) is 6.54 Å². The summed E-state index contributed by atoms with van der Waals surface area (Å²) in [7, 11) is -3.63. The van der Waals surface area contributed by atoms with Crippen molar-refractivity contribution in [1.29, 1.82) is 0 Å². The Balaban J connectivity index is 1.84. The molecular formula is C16H21N3O3S. The molecule has 1 atom stereocenters. The van der Waals surface area contributed by atoms with Crippen molar-refractivity contribution in [3.05, 3.63) is 41.2 Å². The van der Waals surface area contributed by atoms with Gasteiger partial charge in [-0.2, -0.15) is 5.10 Å². The Hall–Kier alpha value is -1.86. The fraction of sp³-hybridized carbons (Fsp3) is 0.438. The van der Waals surface area contributed by atoms with Crippen LogP contribution in [0.3, 0.4) is 0 Å². The molecule has 0 radical (unpaired) electrons. The summed E-state index contributed by atoms with van der Waals surface area (Å²) < 4.78 is 35.7. The van der Waals surface area contributed by atoms with Gasteiger partial charge < -0.3 is 4.74 Å². The number of benzene rings is 1. The van der Waals surface area contributed by atoms with E-state index >= 15 is 0 Å². The Morgan fingerprint density at radius 1 is 1.35 bits per heavy atom. The molecule has 124 valence electrons. The molecule has 0 saturated carbocycles. The number of aryl methyl sites for hydroxylation is 2. The molecule has 0 saturated heterocycles. The van der Waals surface area contributed by atoms with Crippen molar-refractivity contribution in [3.8, 4) is 5.75 Å². The number of nitrogens with one attached hydrogen (secondary N) is 1. The predicted octanol–water partition coefficient (Wildman–Crippen LogP) is 1.80. The summed E-state index contributed by atoms with van der Waals surface area (Å²) >= 11 is 0. The average molecular weight is 335 g/mol. The number of aromatic nitrogens is 2. The quantitative estimate of drug-likeness (QED) is 0.925. The van der Waals surface area contributed by atoms with Gasteiger partial charge in [-0.05, 0) is 38.8 Å². The van der Waals surface area contributed by atoms with Crippen LogP contribution in [0, 0.1) is 13.8 Å². The van der Waals surface area contributed by atoms with Crippen molar-refractivity contribution in [3.63, 3.8) is 0 Å². The van der Waals surface area contributed by atoms with E-state index < -0.39 is 10.0 Å². The van der Waals surface area contributed by atoms with Crippen LogP contribution in [0.25, 0.3) is 0 Å². The van der Waals surface area contributed by atoms with Crippen LogP contribution in [0.5, 0.6) is 5.75 Å². The highest BCUT2D eigenvalue weighted by molar-refractivity contribution is 7.89. The third-order valence-corrected chi connectivity index (χ3v) is 5.86. The van der Waals surface area contributed by atoms with E-state index in [0.717, 1.165) is 11.3 Å². The van der Waals surface area contributed by atoms with Gasteiger partial charge in [-0.25, -0.2) is 13.1 Å². The maximum atomic E-state index is 12.8. The molecule has 2 aromatic rings. The summed E-state index contributed by atoms with van der Waals surface area (Å²) in [5.74, 6) is 0.828. The number of sulfonamides is 1. The summed E-state index contributed by atoms with van der Waals surface area (Å²) in [6.45, 7) is 6.42. The third kappa shape index (κ3) is 2.98. The molecule has 0 spiro atoms. The monoisotopic (exact) mass is 335 g/mol. The number of rotatable bonds is 4. The van der Waals surface area contributed by atoms with E-state index in [4.69, 9.17) is 4.74 Å². The Bertz CT molecular complexity index is 827. The van der Waals surface area contributed by atoms with Gasteiger partial charge >= 0.3 is 0 Å². The highest BCUT2D eigenvalue weighted by Gasteiger charge is 2.29. The van der Waals surface area contributed by atoms with Crippen molar-refractivity contribution < 1.29 is 13.2 Å². The molecule has 2 heterocycles. The van der Waals surface area contributed by atoms with Gasteiger partial charge in [0.25, 0.3) is 0 Å². The second kappa shape index (κ2) is 5.98. The maximum absolute atomic E-state index is 12.8. The smallest absolute Gasteiger partial charge is 0.244 e. The minimum absolute atomic E-state index is 0.276. The molecule has 0 amide bonds. The van der Waals surface area contributed by atoms with Crippen molar-refractivity contribution in [2.75, 3.05) is 6.61 Å². The van der Waals surface area contributed by atoms with E-state index in [1.165, 1.54) is 0 Å². The van der Waals surface area contributed by atoms with Crippen LogP contribution in [-0.4, -0.2) is 30.8 Å². The second-order valence-corrected chi connectivity index (χ2v) is 7.41. The van der Waals surface area contributed by atoms with Gasteiger partial charge in [-0.15, -0.1) is 0 Å². The number of nitrogens with zero attached hydrogens (tertiary/aromatic N) is 2. The van der Waals surface area contributed by atoms with E-state index in [1.807, 2.05) is 31.2 Å². The Kier molecular flexibility index (Phi) is 4.16. The summed E-state index contributed by atoms with van der Waals surface area (Å²) in [4.78, 5) is 0.276. The molecule has 3 rings (SSSR count). The summed E-state index contributed by atoms with van der Waals surface area (Å²) in [5, 5.41) is 4.29. The summed E-state index contributed by atoms with van der Waals surface area (Å²) in [6, 6.07) is 7.42. The van der Waals surface area contributed by atoms with Crippen LogP contribution in [0.2, 0.25) is 0 Å². The zero-order chi connectivity index (χ0) is 16.6. The fourth-order valence-corrected chi connectivity index (χ4v) is 4.69. The van der Waals surface area contributed by atoms with Crippen molar-refractivity contribution in [2.45, 2.75) is 44.7 Å². The molecule has 0 bridgehead atoms. The molecule has 1 aliphatic heterocycles. The van der Waals surface area contributed by atoms with Gasteiger partial charge in [0.05, 0.1) is 17.4 Å². The van der Waals surface area contributed by atoms with Crippen LogP contribution >= 0.6 is 0 Å². The van der Waals surface area contributed by atoms with Crippen LogP contribution in [-0.2, 0) is 23.0 Å². The highest BCUT2D eigenvalue weighted by atomic mass is 32.2. The third-order valence-electron chi connectivity index (χ3n) is 4.08. The first-order chi connectivity index (χ1) is 10.9. The Labute approximate surface area is 136 Å². The molecule has 1 aromatic carbocycles. The minimum atomic E-state index is -3.63. The van der Waals surface area contributed by atoms with E-state index in [9.17, 15) is 8.42 Å². The number of hydrogen-bond donors (Lipinski definition) is 1. The second-order valence-electron chi connectivity index (χ2n) is 5.76. The maximum Gasteiger partial charge on any atom is 0.244 e. The standard InChI is InChI=1S/C16H21N3O3S/c1-4-19-12(3)16(11(2)17-19)23(20,21)18-14-9-13-7-5-6-8-15(13)22-10-14/h5-8,14,18H,4,9-10H2,1-3H3/t14-/m1/s1. The number of para-hydroxylation sites is 1. The largest absolute Gasteiger partial charge is 0.492 e. The molecule has 7 heteroatoms. The van der Waals surface area contributed by atoms with E-state index in [2.05, 4.69) is 9.82 Å². The van der Waals surface area contributed by atoms with Crippen molar-refractivity contribution in [2.24, 2.45) is 0 Å². The lowest BCUT2D eigenvalue weighted by atomic mass is 10.0. The fourth-order valence-electron chi connectivity index (χ4n) is 3.06. The highest BCUT2D eigenvalue weighted by Crippen LogP contribution is 2.25. The van der Waals surface area contributed by atoms with Gasteiger partial charge in [-0.3, -0.25) is 4.68 Å². The van der Waals surface area contributed by atoms with Crippen LogP contribution < -0.4 is 9.46 Å². The normalized spacial score (nSPS) is 17.6. The number of ether oxygens (including phenoxy) is 1. The Morgan fingerprint density at radius 3 is 2.78 bits per heavy atom. The average Bonchev–Trinajstić information content (AvgIpc) is 2.81. The minimum Gasteiger partial charge on any atom is -0.492 e. The van der Waals surface area contributed by atoms with E-state index in [1.54, 1.807) is 18.5 Å². The van der Waals surface area contributed by atoms with E-state index in [-0.39, 0.29) is 10.9 Å². The van der Waals surface area contributed by atoms with Gasteiger partial charge in [0.15, 0.2) is 0 Å². The topological polar surface area (TPSA) is 73.2 Å². The molecule has 1 N–H and O–H groups in total. The van der Waals surface area contributed by atoms with Gasteiger partial charge in [0.1, 0.15) is 17.3 Å². The molecular weight excluding hydrogens is 314 g/mol. The van der Waals surface area contributed by atoms with Crippen LogP contribution in [0.4, 0.5) is 0 Å². The van der Waals surface area contributed by atoms with Crippen molar-refractivity contribution in [1.82, 2.24) is 14.5 Å².